The van der Waals surface area contributed by atoms with Crippen LogP contribution in [0.4, 0.5) is 0 Å². The average molecular weight is 218 g/mol. The van der Waals surface area contributed by atoms with Crippen LogP contribution in [0.5, 0.6) is 0 Å². The van der Waals surface area contributed by atoms with Crippen LogP contribution in [0.2, 0.25) is 0 Å². The lowest BCUT2D eigenvalue weighted by Gasteiger charge is -2.25. The summed E-state index contributed by atoms with van der Waals surface area (Å²) in [4.78, 5) is 2.53. The Morgan fingerprint density at radius 1 is 1.21 bits per heavy atom. The summed E-state index contributed by atoms with van der Waals surface area (Å²) in [6.07, 6.45) is 3.40. The third kappa shape index (κ3) is 7.65. The van der Waals surface area contributed by atoms with E-state index in [2.05, 4.69) is 37.2 Å². The van der Waals surface area contributed by atoms with Crippen LogP contribution in [0.1, 0.15) is 27.2 Å². The van der Waals surface area contributed by atoms with Gasteiger partial charge in [-0.2, -0.15) is 11.8 Å². The van der Waals surface area contributed by atoms with E-state index in [4.69, 9.17) is 0 Å². The van der Waals surface area contributed by atoms with Gasteiger partial charge in [-0.05, 0) is 33.1 Å². The second kappa shape index (κ2) is 9.81. The van der Waals surface area contributed by atoms with Gasteiger partial charge in [0, 0.05) is 31.4 Å². The average Bonchev–Trinajstić information content (AvgIpc) is 2.15. The highest BCUT2D eigenvalue weighted by atomic mass is 32.2. The summed E-state index contributed by atoms with van der Waals surface area (Å²) in [5.41, 5.74) is 0. The normalized spacial score (nSPS) is 11.6. The Hall–Kier alpha value is 0.270. The second-order valence-corrected chi connectivity index (χ2v) is 4.86. The summed E-state index contributed by atoms with van der Waals surface area (Å²) in [7, 11) is 0. The van der Waals surface area contributed by atoms with Crippen molar-refractivity contribution in [2.75, 3.05) is 38.2 Å². The van der Waals surface area contributed by atoms with Gasteiger partial charge < -0.3 is 5.32 Å². The lowest BCUT2D eigenvalue weighted by Crippen LogP contribution is -2.37. The molecule has 0 spiro atoms. The Kier molecular flexibility index (Phi) is 10.0. The zero-order valence-electron chi connectivity index (χ0n) is 10.2. The minimum Gasteiger partial charge on any atom is -0.315 e. The molecule has 0 amide bonds. The number of rotatable bonds is 9. The molecule has 2 nitrogen and oxygen atoms in total. The smallest absolute Gasteiger partial charge is 0.0110 e. The van der Waals surface area contributed by atoms with Gasteiger partial charge in [-0.1, -0.05) is 6.92 Å². The molecule has 0 heterocycles. The highest BCUT2D eigenvalue weighted by molar-refractivity contribution is 7.98. The number of nitrogens with one attached hydrogen (secondary N) is 1. The first-order chi connectivity index (χ1) is 6.72. The lowest BCUT2D eigenvalue weighted by molar-refractivity contribution is 0.223. The van der Waals surface area contributed by atoms with E-state index in [1.165, 1.54) is 25.3 Å². The first-order valence-electron chi connectivity index (χ1n) is 5.66. The maximum atomic E-state index is 3.47. The van der Waals surface area contributed by atoms with Crippen molar-refractivity contribution in [3.8, 4) is 0 Å². The summed E-state index contributed by atoms with van der Waals surface area (Å²) >= 11 is 1.90. The van der Waals surface area contributed by atoms with Crippen LogP contribution in [-0.4, -0.2) is 49.1 Å². The van der Waals surface area contributed by atoms with Gasteiger partial charge in [0.25, 0.3) is 0 Å². The monoisotopic (exact) mass is 218 g/mol. The van der Waals surface area contributed by atoms with Gasteiger partial charge in [-0.15, -0.1) is 0 Å². The SMILES string of the molecule is CCCN(CCNCCSC)C(C)C. The third-order valence-electron chi connectivity index (χ3n) is 2.30. The molecular formula is C11H26N2S. The summed E-state index contributed by atoms with van der Waals surface area (Å²) in [5.74, 6) is 1.22. The Bertz CT molecular complexity index is 118. The van der Waals surface area contributed by atoms with Gasteiger partial charge in [-0.25, -0.2) is 0 Å². The molecule has 0 aromatic rings. The quantitative estimate of drug-likeness (QED) is 0.596. The Morgan fingerprint density at radius 3 is 2.43 bits per heavy atom. The summed E-state index contributed by atoms with van der Waals surface area (Å²) in [6, 6.07) is 0.678. The number of hydrogen-bond acceptors (Lipinski definition) is 3. The van der Waals surface area contributed by atoms with Gasteiger partial charge in [0.15, 0.2) is 0 Å². The molecule has 0 bridgehead atoms. The lowest BCUT2D eigenvalue weighted by atomic mass is 10.3. The molecule has 0 aromatic carbocycles. The Morgan fingerprint density at radius 2 is 1.93 bits per heavy atom. The van der Waals surface area contributed by atoms with Crippen molar-refractivity contribution in [2.45, 2.75) is 33.2 Å². The predicted molar refractivity (Wildman–Crippen MR) is 68.3 cm³/mol. The van der Waals surface area contributed by atoms with Gasteiger partial charge in [-0.3, -0.25) is 4.90 Å². The fourth-order valence-electron chi connectivity index (χ4n) is 1.44. The van der Waals surface area contributed by atoms with Crippen LogP contribution >= 0.6 is 11.8 Å². The summed E-state index contributed by atoms with van der Waals surface area (Å²) < 4.78 is 0. The zero-order valence-corrected chi connectivity index (χ0v) is 11.0. The highest BCUT2D eigenvalue weighted by Crippen LogP contribution is 1.98. The highest BCUT2D eigenvalue weighted by Gasteiger charge is 2.06. The first-order valence-corrected chi connectivity index (χ1v) is 7.05. The Labute approximate surface area is 93.8 Å². The molecule has 0 aliphatic rings. The largest absolute Gasteiger partial charge is 0.315 e. The van der Waals surface area contributed by atoms with Gasteiger partial charge in [0.05, 0.1) is 0 Å². The van der Waals surface area contributed by atoms with Crippen LogP contribution in [0, 0.1) is 0 Å². The van der Waals surface area contributed by atoms with Gasteiger partial charge in [0.1, 0.15) is 0 Å². The van der Waals surface area contributed by atoms with Crippen molar-refractivity contribution in [1.82, 2.24) is 10.2 Å². The molecule has 3 heteroatoms. The molecule has 0 unspecified atom stereocenters. The topological polar surface area (TPSA) is 15.3 Å². The second-order valence-electron chi connectivity index (χ2n) is 3.87. The van der Waals surface area contributed by atoms with Crippen molar-refractivity contribution in [2.24, 2.45) is 0 Å². The van der Waals surface area contributed by atoms with E-state index in [0.717, 1.165) is 13.1 Å². The van der Waals surface area contributed by atoms with Crippen molar-refractivity contribution >= 4 is 11.8 Å². The molecular weight excluding hydrogens is 192 g/mol. The molecule has 0 aliphatic carbocycles. The molecule has 0 aliphatic heterocycles. The Balaban J connectivity index is 3.41. The van der Waals surface area contributed by atoms with E-state index in [-0.39, 0.29) is 0 Å². The molecule has 0 aromatic heterocycles. The maximum Gasteiger partial charge on any atom is 0.0110 e. The van der Waals surface area contributed by atoms with E-state index >= 15 is 0 Å². The van der Waals surface area contributed by atoms with Crippen LogP contribution in [0.3, 0.4) is 0 Å². The van der Waals surface area contributed by atoms with Gasteiger partial charge in [0.2, 0.25) is 0 Å². The molecule has 0 atom stereocenters. The number of nitrogens with zero attached hydrogens (tertiary/aromatic N) is 1. The van der Waals surface area contributed by atoms with Crippen LogP contribution in [0.15, 0.2) is 0 Å². The minimum atomic E-state index is 0.678. The molecule has 0 rings (SSSR count). The van der Waals surface area contributed by atoms with E-state index < -0.39 is 0 Å². The molecule has 0 saturated carbocycles. The maximum absolute atomic E-state index is 3.47. The van der Waals surface area contributed by atoms with E-state index in [0.29, 0.717) is 6.04 Å². The number of hydrogen-bond donors (Lipinski definition) is 1. The van der Waals surface area contributed by atoms with E-state index in [1.54, 1.807) is 0 Å². The number of thioether (sulfide) groups is 1. The van der Waals surface area contributed by atoms with Gasteiger partial charge >= 0.3 is 0 Å². The van der Waals surface area contributed by atoms with Crippen molar-refractivity contribution in [1.29, 1.82) is 0 Å². The summed E-state index contributed by atoms with van der Waals surface area (Å²) in [6.45, 7) is 11.5. The van der Waals surface area contributed by atoms with Crippen LogP contribution < -0.4 is 5.32 Å². The molecule has 0 radical (unpaired) electrons. The third-order valence-corrected chi connectivity index (χ3v) is 2.91. The molecule has 1 N–H and O–H groups in total. The standard InChI is InChI=1S/C11H26N2S/c1-5-8-13(11(2)3)9-6-12-7-10-14-4/h11-12H,5-10H2,1-4H3. The van der Waals surface area contributed by atoms with Crippen molar-refractivity contribution < 1.29 is 0 Å². The fraction of sp³-hybridized carbons (Fsp3) is 1.00. The van der Waals surface area contributed by atoms with Crippen molar-refractivity contribution in [3.63, 3.8) is 0 Å². The first kappa shape index (κ1) is 14.3. The van der Waals surface area contributed by atoms with Crippen LogP contribution in [0.25, 0.3) is 0 Å². The van der Waals surface area contributed by atoms with E-state index in [1.807, 2.05) is 11.8 Å². The molecule has 0 saturated heterocycles. The minimum absolute atomic E-state index is 0.678. The van der Waals surface area contributed by atoms with Crippen LogP contribution in [-0.2, 0) is 0 Å². The zero-order chi connectivity index (χ0) is 10.8. The summed E-state index contributed by atoms with van der Waals surface area (Å²) in [5, 5.41) is 3.47. The predicted octanol–water partition coefficient (Wildman–Crippen LogP) is 2.06. The molecule has 0 fully saturated rings. The molecule has 14 heavy (non-hydrogen) atoms. The molecule has 86 valence electrons. The van der Waals surface area contributed by atoms with Crippen molar-refractivity contribution in [3.05, 3.63) is 0 Å². The fourth-order valence-corrected chi connectivity index (χ4v) is 1.79. The van der Waals surface area contributed by atoms with E-state index in [9.17, 15) is 0 Å².